The maximum Gasteiger partial charge on any atom is 0.0347 e. The fraction of sp³-hybridized carbons (Fsp3) is 1.00. The van der Waals surface area contributed by atoms with E-state index in [4.69, 9.17) is 0 Å². The molecule has 0 radical (unpaired) electrons. The van der Waals surface area contributed by atoms with Gasteiger partial charge in [-0.2, -0.15) is 0 Å². The van der Waals surface area contributed by atoms with Gasteiger partial charge in [-0.05, 0) is 115 Å². The van der Waals surface area contributed by atoms with Crippen LogP contribution in [0.25, 0.3) is 0 Å². The van der Waals surface area contributed by atoms with Crippen molar-refractivity contribution in [3.05, 3.63) is 0 Å². The summed E-state index contributed by atoms with van der Waals surface area (Å²) >= 11 is 0. The molecule has 0 N–H and O–H groups in total. The van der Waals surface area contributed by atoms with Crippen molar-refractivity contribution in [3.8, 4) is 0 Å². The molecule has 3 fully saturated rings. The van der Waals surface area contributed by atoms with Crippen molar-refractivity contribution in [1.82, 2.24) is 24.5 Å². The molecule has 200 valence electrons. The molecule has 0 amide bonds. The molecule has 3 heterocycles. The van der Waals surface area contributed by atoms with Crippen LogP contribution in [0.2, 0.25) is 0 Å². The van der Waals surface area contributed by atoms with Gasteiger partial charge in [-0.25, -0.2) is 0 Å². The number of hydrogen-bond donors (Lipinski definition) is 0. The molecule has 0 bridgehead atoms. The van der Waals surface area contributed by atoms with Crippen LogP contribution in [0.15, 0.2) is 0 Å². The molecule has 3 aliphatic rings. The van der Waals surface area contributed by atoms with E-state index < -0.39 is 0 Å². The molecule has 3 aliphatic heterocycles. The van der Waals surface area contributed by atoms with Gasteiger partial charge in [-0.15, -0.1) is 0 Å². The summed E-state index contributed by atoms with van der Waals surface area (Å²) in [4.78, 5) is 13.6. The van der Waals surface area contributed by atoms with Crippen LogP contribution in [0.1, 0.15) is 94.9 Å². The highest BCUT2D eigenvalue weighted by Crippen LogP contribution is 2.40. The second-order valence-electron chi connectivity index (χ2n) is 14.9. The Morgan fingerprint density at radius 2 is 1.29 bits per heavy atom. The van der Waals surface area contributed by atoms with Crippen LogP contribution in [0.5, 0.6) is 0 Å². The van der Waals surface area contributed by atoms with E-state index in [2.05, 4.69) is 108 Å². The van der Waals surface area contributed by atoms with E-state index in [0.717, 1.165) is 12.1 Å². The first-order valence-corrected chi connectivity index (χ1v) is 14.2. The fourth-order valence-corrected chi connectivity index (χ4v) is 7.57. The van der Waals surface area contributed by atoms with E-state index in [1.165, 1.54) is 65.0 Å². The lowest BCUT2D eigenvalue weighted by molar-refractivity contribution is -0.000733. The Kier molecular flexibility index (Phi) is 8.28. The summed E-state index contributed by atoms with van der Waals surface area (Å²) in [5, 5.41) is 0. The van der Waals surface area contributed by atoms with Crippen LogP contribution in [-0.2, 0) is 0 Å². The highest BCUT2D eigenvalue weighted by molar-refractivity contribution is 5.06. The van der Waals surface area contributed by atoms with Crippen LogP contribution < -0.4 is 0 Å². The first-order chi connectivity index (χ1) is 15.5. The van der Waals surface area contributed by atoms with E-state index in [-0.39, 0.29) is 16.6 Å². The van der Waals surface area contributed by atoms with Crippen molar-refractivity contribution < 1.29 is 0 Å². The summed E-state index contributed by atoms with van der Waals surface area (Å²) in [6, 6.07) is 2.13. The summed E-state index contributed by atoms with van der Waals surface area (Å²) in [5.41, 5.74) is 1.05. The smallest absolute Gasteiger partial charge is 0.0347 e. The van der Waals surface area contributed by atoms with E-state index in [0.29, 0.717) is 11.6 Å². The van der Waals surface area contributed by atoms with Gasteiger partial charge >= 0.3 is 0 Å². The van der Waals surface area contributed by atoms with Gasteiger partial charge < -0.3 is 9.80 Å². The monoisotopic (exact) mass is 477 g/mol. The summed E-state index contributed by atoms with van der Waals surface area (Å²) in [7, 11) is 4.69. The van der Waals surface area contributed by atoms with Crippen molar-refractivity contribution in [3.63, 3.8) is 0 Å². The van der Waals surface area contributed by atoms with Gasteiger partial charge in [0.1, 0.15) is 0 Å². The number of nitrogens with zero attached hydrogens (tertiary/aromatic N) is 5. The Hall–Kier alpha value is -0.200. The van der Waals surface area contributed by atoms with Crippen LogP contribution in [-0.4, -0.2) is 118 Å². The molecule has 0 aliphatic carbocycles. The minimum atomic E-state index is 0.228. The van der Waals surface area contributed by atoms with Gasteiger partial charge in [0.2, 0.25) is 0 Å². The molecule has 3 rings (SSSR count). The van der Waals surface area contributed by atoms with E-state index in [1.54, 1.807) is 0 Å². The molecule has 0 spiro atoms. The third kappa shape index (κ3) is 6.02. The Morgan fingerprint density at radius 3 is 1.82 bits per heavy atom. The first-order valence-electron chi connectivity index (χ1n) is 14.2. The fourth-order valence-electron chi connectivity index (χ4n) is 7.57. The standard InChI is InChI=1S/C29H59N5/c1-13-15-30(11)23-17-29(9,10)34(21-23)27(5,6)14-16-31(12)25-19-32(20-25)24-18-28(7,8)33(22-24)26(2,3)4/h23-25H,13-22H2,1-12H3/t23-,24-/m1/s1. The zero-order valence-corrected chi connectivity index (χ0v) is 25.0. The largest absolute Gasteiger partial charge is 0.302 e. The maximum atomic E-state index is 2.82. The summed E-state index contributed by atoms with van der Waals surface area (Å²) in [5.74, 6) is 0. The molecular weight excluding hydrogens is 418 g/mol. The molecule has 3 saturated heterocycles. The van der Waals surface area contributed by atoms with Crippen molar-refractivity contribution in [2.24, 2.45) is 0 Å². The topological polar surface area (TPSA) is 16.2 Å². The van der Waals surface area contributed by atoms with Crippen LogP contribution >= 0.6 is 0 Å². The summed E-state index contributed by atoms with van der Waals surface area (Å²) < 4.78 is 0. The van der Waals surface area contributed by atoms with E-state index in [9.17, 15) is 0 Å². The van der Waals surface area contributed by atoms with Crippen molar-refractivity contribution >= 4 is 0 Å². The second-order valence-corrected chi connectivity index (χ2v) is 14.9. The van der Waals surface area contributed by atoms with Crippen molar-refractivity contribution in [2.45, 2.75) is 135 Å². The Balaban J connectivity index is 1.49. The second kappa shape index (κ2) is 9.93. The molecule has 0 saturated carbocycles. The number of likely N-dealkylation sites (tertiary alicyclic amines) is 3. The predicted molar refractivity (Wildman–Crippen MR) is 148 cm³/mol. The molecule has 5 heteroatoms. The number of likely N-dealkylation sites (N-methyl/N-ethyl adjacent to an activating group) is 2. The lowest BCUT2D eigenvalue weighted by Crippen LogP contribution is -2.62. The molecular formula is C29H59N5. The van der Waals surface area contributed by atoms with Gasteiger partial charge in [0.05, 0.1) is 0 Å². The Labute approximate surface area is 213 Å². The number of hydrogen-bond acceptors (Lipinski definition) is 5. The average Bonchev–Trinajstić information content (AvgIpc) is 3.14. The zero-order valence-electron chi connectivity index (χ0n) is 25.0. The molecule has 2 atom stereocenters. The van der Waals surface area contributed by atoms with Gasteiger partial charge in [-0.1, -0.05) is 6.92 Å². The SMILES string of the molecule is CCCN(C)[C@H]1CN(C(C)(C)CCN(C)C2CN([C@H]3CN(C(C)(C)C)C(C)(C)C3)C2)C(C)(C)C1. The van der Waals surface area contributed by atoms with Crippen LogP contribution in [0.4, 0.5) is 0 Å². The minimum absolute atomic E-state index is 0.228. The highest BCUT2D eigenvalue weighted by Gasteiger charge is 2.49. The molecule has 0 unspecified atom stereocenters. The van der Waals surface area contributed by atoms with Crippen molar-refractivity contribution in [2.75, 3.05) is 53.4 Å². The minimum Gasteiger partial charge on any atom is -0.302 e. The van der Waals surface area contributed by atoms with E-state index >= 15 is 0 Å². The molecule has 0 aromatic heterocycles. The highest BCUT2D eigenvalue weighted by atomic mass is 15.4. The molecule has 0 aromatic rings. The lowest BCUT2D eigenvalue weighted by Gasteiger charge is -2.49. The van der Waals surface area contributed by atoms with Crippen LogP contribution in [0.3, 0.4) is 0 Å². The first kappa shape index (κ1) is 28.4. The third-order valence-electron chi connectivity index (χ3n) is 9.57. The molecule has 34 heavy (non-hydrogen) atoms. The molecule has 5 nitrogen and oxygen atoms in total. The summed E-state index contributed by atoms with van der Waals surface area (Å²) in [6.07, 6.45) is 5.06. The van der Waals surface area contributed by atoms with Gasteiger partial charge in [0, 0.05) is 66.5 Å². The zero-order chi connectivity index (χ0) is 25.7. The van der Waals surface area contributed by atoms with Crippen LogP contribution in [0, 0.1) is 0 Å². The Morgan fingerprint density at radius 1 is 0.735 bits per heavy atom. The maximum absolute atomic E-state index is 2.82. The van der Waals surface area contributed by atoms with E-state index in [1.807, 2.05) is 0 Å². The summed E-state index contributed by atoms with van der Waals surface area (Å²) in [6.45, 7) is 31.5. The molecule has 0 aromatic carbocycles. The third-order valence-corrected chi connectivity index (χ3v) is 9.57. The Bertz CT molecular complexity index is 672. The van der Waals surface area contributed by atoms with Gasteiger partial charge in [-0.3, -0.25) is 14.7 Å². The van der Waals surface area contributed by atoms with Gasteiger partial charge in [0.15, 0.2) is 0 Å². The van der Waals surface area contributed by atoms with Crippen molar-refractivity contribution in [1.29, 1.82) is 0 Å². The quantitative estimate of drug-likeness (QED) is 0.480. The number of rotatable bonds is 9. The normalized spacial score (nSPS) is 29.5. The lowest BCUT2D eigenvalue weighted by atomic mass is 9.91. The average molecular weight is 478 g/mol. The van der Waals surface area contributed by atoms with Gasteiger partial charge in [0.25, 0.3) is 0 Å². The predicted octanol–water partition coefficient (Wildman–Crippen LogP) is 4.62.